The molecule has 9 nitrogen and oxygen atoms in total. The lowest BCUT2D eigenvalue weighted by Gasteiger charge is -2.70. The van der Waals surface area contributed by atoms with Crippen LogP contribution >= 0.6 is 0 Å². The van der Waals surface area contributed by atoms with Crippen LogP contribution in [0.15, 0.2) is 34.7 Å². The summed E-state index contributed by atoms with van der Waals surface area (Å²) in [6.07, 6.45) is 8.52. The number of hydrogen-bond acceptors (Lipinski definition) is 9. The summed E-state index contributed by atoms with van der Waals surface area (Å²) in [4.78, 5) is 43.1. The molecule has 9 heteroatoms. The van der Waals surface area contributed by atoms with E-state index in [4.69, 9.17) is 23.4 Å². The second kappa shape index (κ2) is 6.93. The van der Waals surface area contributed by atoms with Crippen molar-refractivity contribution in [3.05, 3.63) is 35.8 Å². The van der Waals surface area contributed by atoms with Gasteiger partial charge in [0.05, 0.1) is 35.4 Å². The van der Waals surface area contributed by atoms with Gasteiger partial charge in [-0.25, -0.2) is 4.79 Å². The molecule has 5 aliphatic carbocycles. The van der Waals surface area contributed by atoms with Crippen molar-refractivity contribution in [1.82, 2.24) is 0 Å². The van der Waals surface area contributed by atoms with Gasteiger partial charge in [0.15, 0.2) is 11.9 Å². The van der Waals surface area contributed by atoms with E-state index in [1.54, 1.807) is 12.5 Å². The van der Waals surface area contributed by atoms with Crippen LogP contribution in [0.4, 0.5) is 0 Å². The lowest BCUT2D eigenvalue weighted by molar-refractivity contribution is -0.280. The number of ketones is 1. The highest BCUT2D eigenvalue weighted by Gasteiger charge is 2.96. The number of hydrogen-bond donors (Lipinski definition) is 1. The van der Waals surface area contributed by atoms with Crippen molar-refractivity contribution in [3.63, 3.8) is 0 Å². The van der Waals surface area contributed by atoms with Crippen LogP contribution in [0.2, 0.25) is 0 Å². The van der Waals surface area contributed by atoms with Gasteiger partial charge in [-0.05, 0) is 80.3 Å². The predicted molar refractivity (Wildman–Crippen MR) is 148 cm³/mol. The maximum Gasteiger partial charge on any atom is 0.339 e. The minimum atomic E-state index is -1.38. The second-order valence-corrected chi connectivity index (χ2v) is 16.9. The normalized spacial score (nSPS) is 61.5. The molecule has 1 N–H and O–H groups in total. The summed E-state index contributed by atoms with van der Waals surface area (Å²) in [5.74, 6) is -1.98. The van der Waals surface area contributed by atoms with Crippen LogP contribution in [0, 0.1) is 51.2 Å². The summed E-state index contributed by atoms with van der Waals surface area (Å²) < 4.78 is 32.1. The van der Waals surface area contributed by atoms with E-state index in [-0.39, 0.29) is 35.6 Å². The van der Waals surface area contributed by atoms with Crippen LogP contribution in [-0.4, -0.2) is 58.4 Å². The highest BCUT2D eigenvalue weighted by atomic mass is 16.7. The number of aliphatic hydroxyl groups excluding tert-OH is 1. The van der Waals surface area contributed by atoms with Gasteiger partial charge in [-0.3, -0.25) is 9.59 Å². The van der Waals surface area contributed by atoms with Gasteiger partial charge in [0.2, 0.25) is 0 Å². The zero-order valence-corrected chi connectivity index (χ0v) is 25.3. The maximum atomic E-state index is 15.1. The van der Waals surface area contributed by atoms with E-state index >= 15 is 4.79 Å². The molecule has 10 aliphatic rings. The number of epoxide rings is 1. The Kier molecular flexibility index (Phi) is 4.05. The molecule has 4 spiro atoms. The van der Waals surface area contributed by atoms with Crippen molar-refractivity contribution in [2.45, 2.75) is 101 Å². The Balaban J connectivity index is 1.25. The first kappa shape index (κ1) is 25.7. The zero-order valence-electron chi connectivity index (χ0n) is 25.3. The third-order valence-electron chi connectivity index (χ3n) is 15.8. The first-order chi connectivity index (χ1) is 21.0. The molecule has 1 aromatic rings. The molecule has 5 bridgehead atoms. The van der Waals surface area contributed by atoms with Crippen molar-refractivity contribution < 1.29 is 42.9 Å². The molecule has 5 aliphatic heterocycles. The fourth-order valence-electron chi connectivity index (χ4n) is 15.2. The molecular weight excluding hydrogens is 564 g/mol. The molecule has 0 amide bonds. The minimum absolute atomic E-state index is 0.0137. The van der Waals surface area contributed by atoms with Gasteiger partial charge in [0, 0.05) is 16.4 Å². The van der Waals surface area contributed by atoms with Gasteiger partial charge in [0.25, 0.3) is 0 Å². The Bertz CT molecular complexity index is 1650. The van der Waals surface area contributed by atoms with Crippen molar-refractivity contribution in [2.24, 2.45) is 51.2 Å². The molecule has 4 saturated heterocycles. The lowest BCUT2D eigenvalue weighted by Crippen LogP contribution is -2.80. The van der Waals surface area contributed by atoms with Gasteiger partial charge in [0.1, 0.15) is 30.0 Å². The smallest absolute Gasteiger partial charge is 0.339 e. The number of carbonyl (C=O) groups excluding carboxylic acids is 3. The molecule has 0 radical (unpaired) electrons. The third kappa shape index (κ3) is 2.09. The summed E-state index contributed by atoms with van der Waals surface area (Å²) in [5.41, 5.74) is -4.16. The summed E-state index contributed by atoms with van der Waals surface area (Å²) in [5, 5.41) is 12.6. The summed E-state index contributed by atoms with van der Waals surface area (Å²) in [7, 11) is 0. The van der Waals surface area contributed by atoms with Gasteiger partial charge in [-0.15, -0.1) is 0 Å². The van der Waals surface area contributed by atoms with E-state index in [9.17, 15) is 14.7 Å². The first-order valence-corrected chi connectivity index (χ1v) is 16.6. The number of aliphatic hydroxyl groups is 1. The Morgan fingerprint density at radius 3 is 2.66 bits per heavy atom. The minimum Gasteiger partial charge on any atom is -0.472 e. The van der Waals surface area contributed by atoms with E-state index in [1.807, 2.05) is 19.9 Å². The zero-order chi connectivity index (χ0) is 30.0. The Hall–Kier alpha value is -2.49. The number of esters is 2. The van der Waals surface area contributed by atoms with E-state index in [2.05, 4.69) is 13.0 Å². The van der Waals surface area contributed by atoms with Crippen molar-refractivity contribution >= 4 is 17.7 Å². The Morgan fingerprint density at radius 1 is 1.02 bits per heavy atom. The Labute approximate surface area is 255 Å². The topological polar surface area (TPSA) is 125 Å². The van der Waals surface area contributed by atoms with Crippen LogP contribution in [0.5, 0.6) is 0 Å². The average Bonchev–Trinajstić information content (AvgIpc) is 3.26. The van der Waals surface area contributed by atoms with Crippen LogP contribution in [-0.2, 0) is 33.3 Å². The first-order valence-electron chi connectivity index (χ1n) is 16.6. The molecule has 0 aromatic carbocycles. The summed E-state index contributed by atoms with van der Waals surface area (Å²) in [6, 6.07) is 1.83. The highest BCUT2D eigenvalue weighted by molar-refractivity contribution is 5.93. The molecule has 15 atom stereocenters. The highest BCUT2D eigenvalue weighted by Crippen LogP contribution is 2.88. The number of carbonyl (C=O) groups is 3. The predicted octanol–water partition coefficient (Wildman–Crippen LogP) is 3.83. The SMILES string of the molecule is C[C@@]12[C@H](O)C(=O)[C@H]3[C@]45COC(=O)[C@H]6[C@]7(CCC[C@@H]7CC7=CC[C@]3(C)O[C@@]764)C[C@@H](C[C@]3(C)[C@H](c4ccoc4)OC(=O)[C@@H]4O[C@@]413)[C@@H]25. The number of ether oxygens (including phenoxy) is 4. The standard InChI is InChI=1S/C35H38O9/c1-29-12-17-13-32-8-4-5-18(32)11-19-6-9-30(2)22-20(36)24(37)31(3,21(17)33(22)15-41-27(38)23(32)34(19,33)44-30)35(29)26(43-35)28(39)42-25(29)16-7-10-40-14-16/h6-7,10,14,17-18,21-26,37H,4-5,8-9,11-13,15H2,1-3H3/t17-,18-,21+,22-,23+,24-,25+,26+,29-,30+,31-,32-,33-,34+,35-/m1/s1. The average molecular weight is 603 g/mol. The molecule has 0 unspecified atom stereocenters. The van der Waals surface area contributed by atoms with E-state index in [0.717, 1.165) is 37.7 Å². The lowest BCUT2D eigenvalue weighted by atomic mass is 9.33. The van der Waals surface area contributed by atoms with Crippen LogP contribution < -0.4 is 0 Å². The van der Waals surface area contributed by atoms with E-state index in [0.29, 0.717) is 18.8 Å². The molecule has 11 rings (SSSR count). The number of fused-ring (bicyclic) bond motifs is 2. The Morgan fingerprint density at radius 2 is 1.86 bits per heavy atom. The van der Waals surface area contributed by atoms with Crippen molar-refractivity contribution in [3.8, 4) is 0 Å². The molecule has 9 fully saturated rings. The van der Waals surface area contributed by atoms with Gasteiger partial charge < -0.3 is 28.5 Å². The van der Waals surface area contributed by atoms with Gasteiger partial charge in [-0.1, -0.05) is 26.3 Å². The molecule has 232 valence electrons. The van der Waals surface area contributed by atoms with Crippen LogP contribution in [0.1, 0.15) is 77.4 Å². The monoisotopic (exact) mass is 602 g/mol. The largest absolute Gasteiger partial charge is 0.472 e. The van der Waals surface area contributed by atoms with E-state index < -0.39 is 69.2 Å². The summed E-state index contributed by atoms with van der Waals surface area (Å²) >= 11 is 0. The third-order valence-corrected chi connectivity index (χ3v) is 15.8. The number of furan rings is 1. The number of Topliss-reactive ketones (excluding diaryl/α,β-unsaturated/α-hetero) is 1. The van der Waals surface area contributed by atoms with Gasteiger partial charge in [-0.2, -0.15) is 0 Å². The number of cyclic esters (lactones) is 2. The van der Waals surface area contributed by atoms with Gasteiger partial charge >= 0.3 is 11.9 Å². The fraction of sp³-hybridized carbons (Fsp3) is 0.743. The fourth-order valence-corrected chi connectivity index (χ4v) is 15.2. The molecule has 5 saturated carbocycles. The number of rotatable bonds is 1. The molecular formula is C35H38O9. The maximum absolute atomic E-state index is 15.1. The molecule has 6 heterocycles. The van der Waals surface area contributed by atoms with Crippen LogP contribution in [0.25, 0.3) is 0 Å². The van der Waals surface area contributed by atoms with Crippen molar-refractivity contribution in [2.75, 3.05) is 6.61 Å². The molecule has 44 heavy (non-hydrogen) atoms. The van der Waals surface area contributed by atoms with Crippen LogP contribution in [0.3, 0.4) is 0 Å². The van der Waals surface area contributed by atoms with E-state index in [1.165, 1.54) is 5.57 Å². The van der Waals surface area contributed by atoms with Crippen molar-refractivity contribution in [1.29, 1.82) is 0 Å². The second-order valence-electron chi connectivity index (χ2n) is 16.9. The summed E-state index contributed by atoms with van der Waals surface area (Å²) in [6.45, 7) is 6.24. The quantitative estimate of drug-likeness (QED) is 0.290. The molecule has 1 aromatic heterocycles.